The molecular formula is C13H15BrN2O2S2. The molecular weight excluding hydrogens is 360 g/mol. The number of hydrogen-bond donors (Lipinski definition) is 1. The van der Waals surface area contributed by atoms with Gasteiger partial charge in [0.2, 0.25) is 10.0 Å². The highest BCUT2D eigenvalue weighted by Crippen LogP contribution is 2.23. The molecule has 7 heteroatoms. The van der Waals surface area contributed by atoms with Crippen LogP contribution in [0.3, 0.4) is 0 Å². The quantitative estimate of drug-likeness (QED) is 0.874. The Morgan fingerprint density at radius 1 is 1.35 bits per heavy atom. The predicted molar refractivity (Wildman–Crippen MR) is 85.0 cm³/mol. The lowest BCUT2D eigenvalue weighted by Crippen LogP contribution is -2.26. The highest BCUT2D eigenvalue weighted by Gasteiger charge is 2.21. The normalized spacial score (nSPS) is 12.0. The van der Waals surface area contributed by atoms with Crippen molar-refractivity contribution in [3.8, 4) is 0 Å². The molecule has 4 nitrogen and oxygen atoms in total. The van der Waals surface area contributed by atoms with Crippen LogP contribution >= 0.6 is 27.3 Å². The zero-order valence-electron chi connectivity index (χ0n) is 10.9. The Kier molecular flexibility index (Phi) is 4.98. The van der Waals surface area contributed by atoms with E-state index in [-0.39, 0.29) is 4.90 Å². The van der Waals surface area contributed by atoms with Crippen molar-refractivity contribution >= 4 is 37.3 Å². The van der Waals surface area contributed by atoms with Gasteiger partial charge in [-0.2, -0.15) is 4.31 Å². The molecule has 0 saturated carbocycles. The molecule has 2 rings (SSSR count). The Morgan fingerprint density at radius 3 is 2.70 bits per heavy atom. The minimum absolute atomic E-state index is 0.276. The van der Waals surface area contributed by atoms with E-state index in [4.69, 9.17) is 5.73 Å². The number of rotatable bonds is 5. The Balaban J connectivity index is 2.24. The molecule has 0 radical (unpaired) electrons. The summed E-state index contributed by atoms with van der Waals surface area (Å²) in [4.78, 5) is 1.26. The zero-order valence-corrected chi connectivity index (χ0v) is 14.1. The second-order valence-corrected chi connectivity index (χ2v) is 8.30. The largest absolute Gasteiger partial charge is 0.326 e. The number of hydrogen-bond acceptors (Lipinski definition) is 4. The standard InChI is InChI=1S/C13H15BrN2O2S2/c1-16(8-12-6-11(14)9-19-12)20(17,18)13-4-2-3-10(5-13)7-15/h2-6,9H,7-8,15H2,1H3. The molecule has 0 spiro atoms. The first-order valence-corrected chi connectivity index (χ1v) is 9.03. The lowest BCUT2D eigenvalue weighted by atomic mass is 10.2. The van der Waals surface area contributed by atoms with E-state index in [9.17, 15) is 8.42 Å². The third kappa shape index (κ3) is 3.48. The number of thiophene rings is 1. The number of nitrogens with two attached hydrogens (primary N) is 1. The topological polar surface area (TPSA) is 63.4 Å². The van der Waals surface area contributed by atoms with Crippen molar-refractivity contribution in [2.45, 2.75) is 18.0 Å². The molecule has 0 bridgehead atoms. The first kappa shape index (κ1) is 15.7. The first-order valence-electron chi connectivity index (χ1n) is 5.92. The fourth-order valence-corrected chi connectivity index (χ4v) is 4.56. The molecule has 0 saturated heterocycles. The van der Waals surface area contributed by atoms with Gasteiger partial charge in [0.1, 0.15) is 0 Å². The van der Waals surface area contributed by atoms with Gasteiger partial charge in [-0.3, -0.25) is 0 Å². The maximum Gasteiger partial charge on any atom is 0.243 e. The molecule has 1 heterocycles. The van der Waals surface area contributed by atoms with E-state index in [1.165, 1.54) is 15.6 Å². The summed E-state index contributed by atoms with van der Waals surface area (Å²) in [7, 11) is -1.91. The van der Waals surface area contributed by atoms with Crippen LogP contribution in [-0.2, 0) is 23.1 Å². The van der Waals surface area contributed by atoms with Gasteiger partial charge in [0.15, 0.2) is 0 Å². The van der Waals surface area contributed by atoms with Gasteiger partial charge in [-0.05, 0) is 39.7 Å². The highest BCUT2D eigenvalue weighted by atomic mass is 79.9. The van der Waals surface area contributed by atoms with Crippen molar-refractivity contribution in [2.24, 2.45) is 5.73 Å². The molecule has 1 aromatic carbocycles. The van der Waals surface area contributed by atoms with Crippen LogP contribution in [0, 0.1) is 0 Å². The highest BCUT2D eigenvalue weighted by molar-refractivity contribution is 9.10. The van der Waals surface area contributed by atoms with E-state index in [1.54, 1.807) is 25.2 Å². The smallest absolute Gasteiger partial charge is 0.243 e. The van der Waals surface area contributed by atoms with Crippen molar-refractivity contribution < 1.29 is 8.42 Å². The summed E-state index contributed by atoms with van der Waals surface area (Å²) in [5.74, 6) is 0. The molecule has 2 aromatic rings. The average molecular weight is 375 g/mol. The Hall–Kier alpha value is -0.730. The minimum atomic E-state index is -3.49. The van der Waals surface area contributed by atoms with Crippen LogP contribution in [0.1, 0.15) is 10.4 Å². The van der Waals surface area contributed by atoms with Gasteiger partial charge in [-0.1, -0.05) is 12.1 Å². The van der Waals surface area contributed by atoms with E-state index in [0.717, 1.165) is 14.9 Å². The molecule has 0 aliphatic rings. The van der Waals surface area contributed by atoms with E-state index < -0.39 is 10.0 Å². The number of benzene rings is 1. The van der Waals surface area contributed by atoms with Crippen molar-refractivity contribution in [3.63, 3.8) is 0 Å². The number of nitrogens with zero attached hydrogens (tertiary/aromatic N) is 1. The molecule has 0 atom stereocenters. The van der Waals surface area contributed by atoms with Crippen molar-refractivity contribution in [1.82, 2.24) is 4.31 Å². The SMILES string of the molecule is CN(Cc1cc(Br)cs1)S(=O)(=O)c1cccc(CN)c1. The summed E-state index contributed by atoms with van der Waals surface area (Å²) in [6.07, 6.45) is 0. The molecule has 0 aliphatic heterocycles. The molecule has 0 fully saturated rings. The van der Waals surface area contributed by atoms with Crippen LogP contribution in [0.25, 0.3) is 0 Å². The Bertz CT molecular complexity index is 698. The summed E-state index contributed by atoms with van der Waals surface area (Å²) in [6, 6.07) is 8.67. The van der Waals surface area contributed by atoms with Crippen LogP contribution in [0.5, 0.6) is 0 Å². The molecule has 20 heavy (non-hydrogen) atoms. The fourth-order valence-electron chi connectivity index (χ4n) is 1.75. The summed E-state index contributed by atoms with van der Waals surface area (Å²) in [5, 5.41) is 1.94. The maximum atomic E-state index is 12.5. The van der Waals surface area contributed by atoms with E-state index in [2.05, 4.69) is 15.9 Å². The Morgan fingerprint density at radius 2 is 2.10 bits per heavy atom. The minimum Gasteiger partial charge on any atom is -0.326 e. The summed E-state index contributed by atoms with van der Waals surface area (Å²) in [5.41, 5.74) is 6.36. The number of halogens is 1. The zero-order chi connectivity index (χ0) is 14.8. The predicted octanol–water partition coefficient (Wildman–Crippen LogP) is 2.79. The molecule has 2 N–H and O–H groups in total. The van der Waals surface area contributed by atoms with Gasteiger partial charge < -0.3 is 5.73 Å². The third-order valence-electron chi connectivity index (χ3n) is 2.84. The van der Waals surface area contributed by atoms with Crippen LogP contribution in [0.15, 0.2) is 45.1 Å². The van der Waals surface area contributed by atoms with Crippen LogP contribution in [0.4, 0.5) is 0 Å². The van der Waals surface area contributed by atoms with Crippen molar-refractivity contribution in [2.75, 3.05) is 7.05 Å². The summed E-state index contributed by atoms with van der Waals surface area (Å²) in [6.45, 7) is 0.677. The lowest BCUT2D eigenvalue weighted by Gasteiger charge is -2.16. The summed E-state index contributed by atoms with van der Waals surface area (Å²) >= 11 is 4.89. The Labute approximate surface area is 131 Å². The summed E-state index contributed by atoms with van der Waals surface area (Å²) < 4.78 is 27.3. The monoisotopic (exact) mass is 374 g/mol. The van der Waals surface area contributed by atoms with Gasteiger partial charge in [0.25, 0.3) is 0 Å². The molecule has 0 aliphatic carbocycles. The van der Waals surface area contributed by atoms with Gasteiger partial charge in [-0.25, -0.2) is 8.42 Å². The number of sulfonamides is 1. The van der Waals surface area contributed by atoms with E-state index in [1.807, 2.05) is 17.5 Å². The third-order valence-corrected chi connectivity index (χ3v) is 6.32. The first-order chi connectivity index (χ1) is 9.43. The second-order valence-electron chi connectivity index (χ2n) is 4.34. The van der Waals surface area contributed by atoms with Gasteiger partial charge in [-0.15, -0.1) is 11.3 Å². The lowest BCUT2D eigenvalue weighted by molar-refractivity contribution is 0.469. The van der Waals surface area contributed by atoms with E-state index >= 15 is 0 Å². The van der Waals surface area contributed by atoms with Crippen molar-refractivity contribution in [3.05, 3.63) is 50.6 Å². The van der Waals surface area contributed by atoms with Crippen LogP contribution in [0.2, 0.25) is 0 Å². The maximum absolute atomic E-state index is 12.5. The van der Waals surface area contributed by atoms with E-state index in [0.29, 0.717) is 13.1 Å². The molecule has 1 aromatic heterocycles. The van der Waals surface area contributed by atoms with Gasteiger partial charge in [0.05, 0.1) is 4.90 Å². The van der Waals surface area contributed by atoms with Crippen molar-refractivity contribution in [1.29, 1.82) is 0 Å². The van der Waals surface area contributed by atoms with Crippen LogP contribution in [-0.4, -0.2) is 19.8 Å². The second kappa shape index (κ2) is 6.36. The van der Waals surface area contributed by atoms with Crippen LogP contribution < -0.4 is 5.73 Å². The fraction of sp³-hybridized carbons (Fsp3) is 0.231. The average Bonchev–Trinajstić information content (AvgIpc) is 2.84. The molecule has 0 amide bonds. The van der Waals surface area contributed by atoms with Gasteiger partial charge >= 0.3 is 0 Å². The molecule has 0 unspecified atom stereocenters. The van der Waals surface area contributed by atoms with Gasteiger partial charge in [0, 0.05) is 34.9 Å². The molecule has 108 valence electrons.